The van der Waals surface area contributed by atoms with Crippen molar-refractivity contribution in [3.8, 4) is 0 Å². The summed E-state index contributed by atoms with van der Waals surface area (Å²) in [6.07, 6.45) is 4.63. The van der Waals surface area contributed by atoms with Gasteiger partial charge >= 0.3 is 0 Å². The molecule has 1 aromatic carbocycles. The first-order valence-electron chi connectivity index (χ1n) is 6.36. The molecule has 1 N–H and O–H groups in total. The molecule has 0 atom stereocenters. The molecule has 0 saturated carbocycles. The second kappa shape index (κ2) is 5.27. The van der Waals surface area contributed by atoms with Crippen LogP contribution in [0.4, 0.5) is 0 Å². The first kappa shape index (κ1) is 13.7. The fourth-order valence-electron chi connectivity index (χ4n) is 2.00. The lowest BCUT2D eigenvalue weighted by molar-refractivity contribution is 0.578. The minimum Gasteiger partial charge on any atom is -0.339 e. The number of benzene rings is 1. The van der Waals surface area contributed by atoms with E-state index in [4.69, 9.17) is 0 Å². The van der Waals surface area contributed by atoms with Crippen LogP contribution < -0.4 is 4.72 Å². The van der Waals surface area contributed by atoms with Crippen LogP contribution in [0.3, 0.4) is 0 Å². The van der Waals surface area contributed by atoms with Crippen LogP contribution in [0.2, 0.25) is 0 Å². The Balaban J connectivity index is 1.80. The third-order valence-corrected chi connectivity index (χ3v) is 4.38. The summed E-state index contributed by atoms with van der Waals surface area (Å²) in [5, 5.41) is 1.04. The predicted molar refractivity (Wildman–Crippen MR) is 79.0 cm³/mol. The number of nitrogens with zero attached hydrogens (tertiary/aromatic N) is 3. The molecule has 0 spiro atoms. The lowest BCUT2D eigenvalue weighted by Gasteiger charge is -2.05. The van der Waals surface area contributed by atoms with Gasteiger partial charge in [0.25, 0.3) is 10.0 Å². The highest BCUT2D eigenvalue weighted by molar-refractivity contribution is 7.89. The van der Waals surface area contributed by atoms with Gasteiger partial charge < -0.3 is 4.57 Å². The van der Waals surface area contributed by atoms with Gasteiger partial charge in [0.05, 0.1) is 11.8 Å². The summed E-state index contributed by atoms with van der Waals surface area (Å²) in [5.41, 5.74) is 1.69. The lowest BCUT2D eigenvalue weighted by atomic mass is 10.1. The first-order chi connectivity index (χ1) is 10.0. The highest BCUT2D eigenvalue weighted by atomic mass is 32.2. The third-order valence-electron chi connectivity index (χ3n) is 3.09. The van der Waals surface area contributed by atoms with E-state index in [2.05, 4.69) is 14.7 Å². The Bertz CT molecular complexity index is 887. The van der Waals surface area contributed by atoms with Gasteiger partial charge in [-0.05, 0) is 17.7 Å². The van der Waals surface area contributed by atoms with E-state index in [9.17, 15) is 8.42 Å². The molecule has 3 rings (SSSR count). The Morgan fingerprint density at radius 3 is 2.86 bits per heavy atom. The van der Waals surface area contributed by atoms with Crippen molar-refractivity contribution in [2.45, 2.75) is 11.6 Å². The van der Waals surface area contributed by atoms with E-state index in [0.717, 1.165) is 16.5 Å². The number of fused-ring (bicyclic) bond motifs is 1. The van der Waals surface area contributed by atoms with Gasteiger partial charge in [0.15, 0.2) is 5.03 Å². The van der Waals surface area contributed by atoms with Crippen molar-refractivity contribution in [3.05, 3.63) is 54.6 Å². The van der Waals surface area contributed by atoms with E-state index in [0.29, 0.717) is 0 Å². The summed E-state index contributed by atoms with van der Waals surface area (Å²) in [6.45, 7) is 0.200. The van der Waals surface area contributed by atoms with Gasteiger partial charge in [0.1, 0.15) is 0 Å². The van der Waals surface area contributed by atoms with Crippen LogP contribution in [0.15, 0.2) is 54.1 Å². The van der Waals surface area contributed by atoms with Gasteiger partial charge in [0, 0.05) is 31.4 Å². The highest BCUT2D eigenvalue weighted by Crippen LogP contribution is 2.14. The van der Waals surface area contributed by atoms with Gasteiger partial charge in [0.2, 0.25) is 0 Å². The maximum absolute atomic E-state index is 12.1. The molecular weight excluding hydrogens is 288 g/mol. The zero-order valence-electron chi connectivity index (χ0n) is 11.4. The molecular formula is C14H14N4O2S. The van der Waals surface area contributed by atoms with Crippen molar-refractivity contribution in [1.29, 1.82) is 0 Å². The van der Waals surface area contributed by atoms with Gasteiger partial charge in [-0.2, -0.15) is 0 Å². The SMILES string of the molecule is Cn1cnc(S(=O)(=O)NCc2ccc3cccnc3c2)c1. The Labute approximate surface area is 122 Å². The van der Waals surface area contributed by atoms with Crippen LogP contribution >= 0.6 is 0 Å². The van der Waals surface area contributed by atoms with E-state index >= 15 is 0 Å². The molecule has 0 aliphatic heterocycles. The summed E-state index contributed by atoms with van der Waals surface area (Å²) >= 11 is 0. The van der Waals surface area contributed by atoms with E-state index < -0.39 is 10.0 Å². The second-order valence-electron chi connectivity index (χ2n) is 4.73. The minimum atomic E-state index is -3.59. The van der Waals surface area contributed by atoms with Crippen molar-refractivity contribution in [2.75, 3.05) is 0 Å². The molecule has 108 valence electrons. The number of hydrogen-bond donors (Lipinski definition) is 1. The van der Waals surface area contributed by atoms with E-state index in [1.54, 1.807) is 17.8 Å². The molecule has 2 aromatic heterocycles. The Morgan fingerprint density at radius 1 is 1.24 bits per heavy atom. The largest absolute Gasteiger partial charge is 0.339 e. The standard InChI is InChI=1S/C14H14N4O2S/c1-18-9-14(16-10-18)21(19,20)17-8-11-4-5-12-3-2-6-15-13(12)7-11/h2-7,9-10,17H,8H2,1H3. The fraction of sp³-hybridized carbons (Fsp3) is 0.143. The van der Waals surface area contributed by atoms with Crippen LogP contribution in [0.25, 0.3) is 10.9 Å². The number of rotatable bonds is 4. The molecule has 6 nitrogen and oxygen atoms in total. The maximum atomic E-state index is 12.1. The van der Waals surface area contributed by atoms with Crippen LogP contribution in [0.1, 0.15) is 5.56 Å². The highest BCUT2D eigenvalue weighted by Gasteiger charge is 2.16. The van der Waals surface area contributed by atoms with Crippen LogP contribution in [0.5, 0.6) is 0 Å². The molecule has 7 heteroatoms. The first-order valence-corrected chi connectivity index (χ1v) is 7.84. The molecule has 0 aliphatic carbocycles. The zero-order chi connectivity index (χ0) is 14.9. The lowest BCUT2D eigenvalue weighted by Crippen LogP contribution is -2.23. The molecule has 0 radical (unpaired) electrons. The Hall–Kier alpha value is -2.25. The smallest absolute Gasteiger partial charge is 0.259 e. The van der Waals surface area contributed by atoms with Crippen LogP contribution in [-0.2, 0) is 23.6 Å². The van der Waals surface area contributed by atoms with Crippen molar-refractivity contribution < 1.29 is 8.42 Å². The maximum Gasteiger partial charge on any atom is 0.259 e. The monoisotopic (exact) mass is 302 g/mol. The second-order valence-corrected chi connectivity index (χ2v) is 6.45. The van der Waals surface area contributed by atoms with Gasteiger partial charge in [-0.25, -0.2) is 18.1 Å². The van der Waals surface area contributed by atoms with Gasteiger partial charge in [-0.15, -0.1) is 0 Å². The summed E-state index contributed by atoms with van der Waals surface area (Å²) in [4.78, 5) is 8.10. The van der Waals surface area contributed by atoms with Gasteiger partial charge in [-0.3, -0.25) is 4.98 Å². The number of sulfonamides is 1. The van der Waals surface area contributed by atoms with E-state index in [-0.39, 0.29) is 11.6 Å². The molecule has 0 unspecified atom stereocenters. The Kier molecular flexibility index (Phi) is 3.44. The normalized spacial score (nSPS) is 11.9. The summed E-state index contributed by atoms with van der Waals surface area (Å²) in [7, 11) is -1.87. The average molecular weight is 302 g/mol. The molecule has 0 bridgehead atoms. The van der Waals surface area contributed by atoms with E-state index in [1.165, 1.54) is 12.5 Å². The average Bonchev–Trinajstić information content (AvgIpc) is 2.92. The molecule has 3 aromatic rings. The topological polar surface area (TPSA) is 76.9 Å². The van der Waals surface area contributed by atoms with Crippen LogP contribution in [-0.4, -0.2) is 23.0 Å². The molecule has 0 aliphatic rings. The predicted octanol–water partition coefficient (Wildman–Crippen LogP) is 1.45. The van der Waals surface area contributed by atoms with Crippen LogP contribution in [0, 0.1) is 0 Å². The van der Waals surface area contributed by atoms with Crippen molar-refractivity contribution in [1.82, 2.24) is 19.3 Å². The van der Waals surface area contributed by atoms with E-state index in [1.807, 2.05) is 30.3 Å². The van der Waals surface area contributed by atoms with Crippen molar-refractivity contribution in [2.24, 2.45) is 7.05 Å². The Morgan fingerprint density at radius 2 is 2.10 bits per heavy atom. The number of imidazole rings is 1. The fourth-order valence-corrected chi connectivity index (χ4v) is 3.00. The number of pyridine rings is 1. The number of aromatic nitrogens is 3. The molecule has 0 amide bonds. The molecule has 0 fully saturated rings. The summed E-state index contributed by atoms with van der Waals surface area (Å²) in [6, 6.07) is 9.50. The van der Waals surface area contributed by atoms with Gasteiger partial charge in [-0.1, -0.05) is 18.2 Å². The minimum absolute atomic E-state index is 0.0175. The zero-order valence-corrected chi connectivity index (χ0v) is 12.2. The molecule has 0 saturated heterocycles. The van der Waals surface area contributed by atoms with Crippen molar-refractivity contribution in [3.63, 3.8) is 0 Å². The molecule has 21 heavy (non-hydrogen) atoms. The number of nitrogens with one attached hydrogen (secondary N) is 1. The molecule has 2 heterocycles. The summed E-state index contributed by atoms with van der Waals surface area (Å²) < 4.78 is 28.3. The van der Waals surface area contributed by atoms with Crippen molar-refractivity contribution >= 4 is 20.9 Å². The third kappa shape index (κ3) is 2.93. The quantitative estimate of drug-likeness (QED) is 0.791. The summed E-state index contributed by atoms with van der Waals surface area (Å²) in [5.74, 6) is 0. The number of aryl methyl sites for hydroxylation is 1. The number of hydrogen-bond acceptors (Lipinski definition) is 4.